The number of benzene rings is 2. The number of carbonyl (C=O) groups excluding carboxylic acids is 2. The topological polar surface area (TPSA) is 84.2 Å². The van der Waals surface area contributed by atoms with E-state index in [4.69, 9.17) is 27.6 Å². The molecule has 3 aromatic rings. The van der Waals surface area contributed by atoms with Gasteiger partial charge in [0.2, 0.25) is 11.8 Å². The fraction of sp³-hybridized carbons (Fsp3) is 0.292. The molecule has 1 heterocycles. The number of amides is 2. The van der Waals surface area contributed by atoms with E-state index in [9.17, 15) is 9.59 Å². The Labute approximate surface area is 196 Å². The number of nitrogens with zero attached hydrogens (tertiary/aromatic N) is 1. The van der Waals surface area contributed by atoms with Crippen LogP contribution in [0.2, 0.25) is 10.0 Å². The maximum absolute atomic E-state index is 12.6. The lowest BCUT2D eigenvalue weighted by Crippen LogP contribution is -2.48. The summed E-state index contributed by atoms with van der Waals surface area (Å²) in [7, 11) is 0. The van der Waals surface area contributed by atoms with E-state index >= 15 is 0 Å². The molecular weight excluding hydrogens is 449 g/mol. The third kappa shape index (κ3) is 6.11. The molecule has 32 heavy (non-hydrogen) atoms. The Morgan fingerprint density at radius 3 is 2.62 bits per heavy atom. The van der Waals surface area contributed by atoms with Crippen LogP contribution in [0.4, 0.5) is 0 Å². The third-order valence-corrected chi connectivity index (χ3v) is 5.72. The molecule has 2 amide bonds. The van der Waals surface area contributed by atoms with E-state index in [-0.39, 0.29) is 24.3 Å². The second-order valence-electron chi connectivity index (χ2n) is 7.84. The minimum Gasteiger partial charge on any atom is -0.441 e. The van der Waals surface area contributed by atoms with Crippen molar-refractivity contribution in [3.63, 3.8) is 0 Å². The van der Waals surface area contributed by atoms with Crippen molar-refractivity contribution in [1.29, 1.82) is 0 Å². The van der Waals surface area contributed by atoms with Gasteiger partial charge in [-0.2, -0.15) is 0 Å². The van der Waals surface area contributed by atoms with Crippen molar-refractivity contribution in [2.45, 2.75) is 44.2 Å². The van der Waals surface area contributed by atoms with Gasteiger partial charge in [0, 0.05) is 35.9 Å². The molecule has 0 saturated heterocycles. The minimum absolute atomic E-state index is 0.149. The maximum Gasteiger partial charge on any atom is 0.243 e. The predicted molar refractivity (Wildman–Crippen MR) is 124 cm³/mol. The first-order valence-corrected chi connectivity index (χ1v) is 11.3. The van der Waals surface area contributed by atoms with Gasteiger partial charge in [0.1, 0.15) is 6.04 Å². The molecule has 6 nitrogen and oxygen atoms in total. The first kappa shape index (κ1) is 22.4. The smallest absolute Gasteiger partial charge is 0.243 e. The highest BCUT2D eigenvalue weighted by Crippen LogP contribution is 2.30. The second kappa shape index (κ2) is 10.2. The Morgan fingerprint density at radius 2 is 1.91 bits per heavy atom. The molecule has 166 valence electrons. The average molecular weight is 472 g/mol. The SMILES string of the molecule is O=C(CCc1ncc(-c2ccc(Cl)cc2Cl)o1)NC(Cc1ccccc1)C(=O)NC1CC1. The number of carbonyl (C=O) groups is 2. The summed E-state index contributed by atoms with van der Waals surface area (Å²) in [4.78, 5) is 29.5. The molecule has 0 aliphatic heterocycles. The van der Waals surface area contributed by atoms with Gasteiger partial charge in [-0.1, -0.05) is 53.5 Å². The highest BCUT2D eigenvalue weighted by atomic mass is 35.5. The van der Waals surface area contributed by atoms with Crippen molar-refractivity contribution in [2.24, 2.45) is 0 Å². The average Bonchev–Trinajstić information content (AvgIpc) is 3.46. The third-order valence-electron chi connectivity index (χ3n) is 5.17. The molecule has 1 atom stereocenters. The highest BCUT2D eigenvalue weighted by Gasteiger charge is 2.28. The summed E-state index contributed by atoms with van der Waals surface area (Å²) in [5.41, 5.74) is 1.67. The molecule has 0 spiro atoms. The molecule has 2 N–H and O–H groups in total. The Balaban J connectivity index is 1.35. The Kier molecular flexibility index (Phi) is 7.12. The Bertz CT molecular complexity index is 1100. The number of hydrogen-bond donors (Lipinski definition) is 2. The molecular formula is C24H23Cl2N3O3. The van der Waals surface area contributed by atoms with Crippen LogP contribution in [0.3, 0.4) is 0 Å². The van der Waals surface area contributed by atoms with Crippen LogP contribution in [0, 0.1) is 0 Å². The summed E-state index contributed by atoms with van der Waals surface area (Å²) in [5, 5.41) is 6.84. The fourth-order valence-electron chi connectivity index (χ4n) is 3.32. The van der Waals surface area contributed by atoms with E-state index in [0.717, 1.165) is 18.4 Å². The van der Waals surface area contributed by atoms with Crippen LogP contribution in [0.25, 0.3) is 11.3 Å². The largest absolute Gasteiger partial charge is 0.441 e. The summed E-state index contributed by atoms with van der Waals surface area (Å²) in [6, 6.07) is 14.4. The summed E-state index contributed by atoms with van der Waals surface area (Å²) in [6.45, 7) is 0. The lowest BCUT2D eigenvalue weighted by atomic mass is 10.0. The zero-order valence-corrected chi connectivity index (χ0v) is 18.8. The van der Waals surface area contributed by atoms with E-state index in [2.05, 4.69) is 15.6 Å². The summed E-state index contributed by atoms with van der Waals surface area (Å²) in [5.74, 6) is 0.540. The Hall–Kier alpha value is -2.83. The standard InChI is InChI=1S/C24H23Cl2N3O3/c25-16-6-9-18(19(26)13-16)21-14-27-23(32-21)11-10-22(30)29-20(24(31)28-17-7-8-17)12-15-4-2-1-3-5-15/h1-6,9,13-14,17,20H,7-8,10-12H2,(H,28,31)(H,29,30). The summed E-state index contributed by atoms with van der Waals surface area (Å²) in [6.07, 6.45) is 4.44. The molecule has 1 aromatic heterocycles. The lowest BCUT2D eigenvalue weighted by molar-refractivity contribution is -0.129. The molecule has 0 bridgehead atoms. The van der Waals surface area contributed by atoms with Gasteiger partial charge < -0.3 is 15.1 Å². The number of aryl methyl sites for hydroxylation is 1. The van der Waals surface area contributed by atoms with Gasteiger partial charge in [-0.3, -0.25) is 9.59 Å². The van der Waals surface area contributed by atoms with Crippen LogP contribution in [-0.2, 0) is 22.4 Å². The van der Waals surface area contributed by atoms with Crippen LogP contribution in [0.5, 0.6) is 0 Å². The molecule has 1 saturated carbocycles. The van der Waals surface area contributed by atoms with E-state index in [1.807, 2.05) is 30.3 Å². The lowest BCUT2D eigenvalue weighted by Gasteiger charge is -2.18. The van der Waals surface area contributed by atoms with Gasteiger partial charge in [-0.05, 0) is 36.6 Å². The van der Waals surface area contributed by atoms with Gasteiger partial charge >= 0.3 is 0 Å². The number of aromatic nitrogens is 1. The molecule has 2 aromatic carbocycles. The van der Waals surface area contributed by atoms with Gasteiger partial charge in [0.25, 0.3) is 0 Å². The normalized spacial score (nSPS) is 14.1. The molecule has 1 fully saturated rings. The molecule has 1 aliphatic rings. The fourth-order valence-corrected chi connectivity index (χ4v) is 3.82. The van der Waals surface area contributed by atoms with E-state index in [0.29, 0.717) is 40.1 Å². The zero-order valence-electron chi connectivity index (χ0n) is 17.3. The van der Waals surface area contributed by atoms with Crippen molar-refractivity contribution in [1.82, 2.24) is 15.6 Å². The van der Waals surface area contributed by atoms with E-state index in [1.165, 1.54) is 0 Å². The summed E-state index contributed by atoms with van der Waals surface area (Å²) < 4.78 is 5.75. The zero-order chi connectivity index (χ0) is 22.5. The van der Waals surface area contributed by atoms with Crippen molar-refractivity contribution in [2.75, 3.05) is 0 Å². The van der Waals surface area contributed by atoms with E-state index < -0.39 is 6.04 Å². The van der Waals surface area contributed by atoms with Crippen LogP contribution in [0.1, 0.15) is 30.7 Å². The van der Waals surface area contributed by atoms with E-state index in [1.54, 1.807) is 24.4 Å². The molecule has 8 heteroatoms. The number of halogens is 2. The van der Waals surface area contributed by atoms with Crippen molar-refractivity contribution in [3.8, 4) is 11.3 Å². The van der Waals surface area contributed by atoms with Crippen molar-refractivity contribution in [3.05, 3.63) is 76.2 Å². The predicted octanol–water partition coefficient (Wildman–Crippen LogP) is 4.59. The van der Waals surface area contributed by atoms with Crippen LogP contribution in [0.15, 0.2) is 59.1 Å². The quantitative estimate of drug-likeness (QED) is 0.477. The molecule has 1 unspecified atom stereocenters. The molecule has 1 aliphatic carbocycles. The first-order chi connectivity index (χ1) is 15.5. The monoisotopic (exact) mass is 471 g/mol. The van der Waals surface area contributed by atoms with Crippen molar-refractivity contribution >= 4 is 35.0 Å². The van der Waals surface area contributed by atoms with Crippen LogP contribution >= 0.6 is 23.2 Å². The molecule has 0 radical (unpaired) electrons. The first-order valence-electron chi connectivity index (χ1n) is 10.5. The van der Waals surface area contributed by atoms with Crippen LogP contribution < -0.4 is 10.6 Å². The van der Waals surface area contributed by atoms with Gasteiger partial charge in [-0.15, -0.1) is 0 Å². The van der Waals surface area contributed by atoms with Crippen LogP contribution in [-0.4, -0.2) is 28.9 Å². The minimum atomic E-state index is -0.626. The van der Waals surface area contributed by atoms with Gasteiger partial charge in [-0.25, -0.2) is 4.98 Å². The highest BCUT2D eigenvalue weighted by molar-refractivity contribution is 6.36. The van der Waals surface area contributed by atoms with Gasteiger partial charge in [0.05, 0.1) is 11.2 Å². The number of nitrogens with one attached hydrogen (secondary N) is 2. The van der Waals surface area contributed by atoms with Crippen molar-refractivity contribution < 1.29 is 14.0 Å². The number of oxazole rings is 1. The Morgan fingerprint density at radius 1 is 1.12 bits per heavy atom. The number of rotatable bonds is 9. The summed E-state index contributed by atoms with van der Waals surface area (Å²) >= 11 is 12.2. The number of hydrogen-bond acceptors (Lipinski definition) is 4. The van der Waals surface area contributed by atoms with Gasteiger partial charge in [0.15, 0.2) is 11.7 Å². The molecule has 4 rings (SSSR count). The maximum atomic E-state index is 12.6. The second-order valence-corrected chi connectivity index (χ2v) is 8.68.